The molecule has 3 rings (SSSR count). The van der Waals surface area contributed by atoms with Crippen LogP contribution in [-0.2, 0) is 11.3 Å². The van der Waals surface area contributed by atoms with Crippen LogP contribution in [0.15, 0.2) is 48.5 Å². The summed E-state index contributed by atoms with van der Waals surface area (Å²) in [5, 5.41) is 6.58. The molecule has 1 heterocycles. The number of benzene rings is 2. The third kappa shape index (κ3) is 5.61. The van der Waals surface area contributed by atoms with Crippen molar-refractivity contribution in [2.45, 2.75) is 12.6 Å². The summed E-state index contributed by atoms with van der Waals surface area (Å²) in [5.41, 5.74) is 2.02. The third-order valence-electron chi connectivity index (χ3n) is 4.82. The van der Waals surface area contributed by atoms with Crippen molar-refractivity contribution in [1.29, 1.82) is 0 Å². The second kappa shape index (κ2) is 10.3. The second-order valence-corrected chi connectivity index (χ2v) is 7.00. The van der Waals surface area contributed by atoms with Gasteiger partial charge in [-0.15, -0.1) is 0 Å². The van der Waals surface area contributed by atoms with E-state index >= 15 is 0 Å². The molecule has 1 atom stereocenters. The Kier molecular flexibility index (Phi) is 7.54. The highest BCUT2D eigenvalue weighted by Gasteiger charge is 2.24. The SMILES string of the molecule is COc1ccc(CNC(=O)NC[C@H](c2ccccc2Cl)N2CCOCC2)cc1. The summed E-state index contributed by atoms with van der Waals surface area (Å²) in [6.07, 6.45) is 0. The van der Waals surface area contributed by atoms with Gasteiger partial charge in [-0.25, -0.2) is 4.79 Å². The number of methoxy groups -OCH3 is 1. The van der Waals surface area contributed by atoms with Gasteiger partial charge < -0.3 is 20.1 Å². The number of hydrogen-bond donors (Lipinski definition) is 2. The average Bonchev–Trinajstić information content (AvgIpc) is 2.74. The van der Waals surface area contributed by atoms with Crippen LogP contribution in [0.2, 0.25) is 5.02 Å². The first-order valence-electron chi connectivity index (χ1n) is 9.38. The van der Waals surface area contributed by atoms with Crippen LogP contribution in [0, 0.1) is 0 Å². The van der Waals surface area contributed by atoms with Crippen molar-refractivity contribution in [2.24, 2.45) is 0 Å². The molecule has 0 aromatic heterocycles. The second-order valence-electron chi connectivity index (χ2n) is 6.60. The molecular formula is C21H26ClN3O3. The van der Waals surface area contributed by atoms with Gasteiger partial charge in [-0.05, 0) is 29.3 Å². The summed E-state index contributed by atoms with van der Waals surface area (Å²) >= 11 is 6.42. The summed E-state index contributed by atoms with van der Waals surface area (Å²) in [6.45, 7) is 3.91. The lowest BCUT2D eigenvalue weighted by molar-refractivity contribution is 0.0167. The van der Waals surface area contributed by atoms with Crippen molar-refractivity contribution in [3.8, 4) is 5.75 Å². The van der Waals surface area contributed by atoms with E-state index in [0.717, 1.165) is 30.0 Å². The zero-order valence-corrected chi connectivity index (χ0v) is 16.7. The Morgan fingerprint density at radius 2 is 1.86 bits per heavy atom. The number of halogens is 1. The molecule has 6 nitrogen and oxygen atoms in total. The lowest BCUT2D eigenvalue weighted by Crippen LogP contribution is -2.45. The summed E-state index contributed by atoms with van der Waals surface area (Å²) in [4.78, 5) is 14.6. The van der Waals surface area contributed by atoms with E-state index in [1.54, 1.807) is 7.11 Å². The number of urea groups is 1. The van der Waals surface area contributed by atoms with Crippen LogP contribution >= 0.6 is 11.6 Å². The normalized spacial score (nSPS) is 15.6. The Labute approximate surface area is 170 Å². The highest BCUT2D eigenvalue weighted by molar-refractivity contribution is 6.31. The van der Waals surface area contributed by atoms with E-state index in [-0.39, 0.29) is 12.1 Å². The number of hydrogen-bond acceptors (Lipinski definition) is 4. The molecule has 150 valence electrons. The molecule has 1 saturated heterocycles. The number of rotatable bonds is 7. The van der Waals surface area contributed by atoms with E-state index < -0.39 is 0 Å². The predicted molar refractivity (Wildman–Crippen MR) is 110 cm³/mol. The summed E-state index contributed by atoms with van der Waals surface area (Å²) in [7, 11) is 1.63. The van der Waals surface area contributed by atoms with Crippen LogP contribution in [0.1, 0.15) is 17.2 Å². The monoisotopic (exact) mass is 403 g/mol. The average molecular weight is 404 g/mol. The van der Waals surface area contributed by atoms with Gasteiger partial charge in [-0.1, -0.05) is 41.9 Å². The smallest absolute Gasteiger partial charge is 0.315 e. The molecule has 7 heteroatoms. The van der Waals surface area contributed by atoms with Gasteiger partial charge in [0.15, 0.2) is 0 Å². The first kappa shape index (κ1) is 20.5. The fraction of sp³-hybridized carbons (Fsp3) is 0.381. The van der Waals surface area contributed by atoms with Crippen molar-refractivity contribution < 1.29 is 14.3 Å². The summed E-state index contributed by atoms with van der Waals surface area (Å²) in [5.74, 6) is 0.793. The van der Waals surface area contributed by atoms with E-state index in [1.165, 1.54) is 0 Å². The minimum atomic E-state index is -0.207. The quantitative estimate of drug-likeness (QED) is 0.745. The molecule has 1 aliphatic heterocycles. The highest BCUT2D eigenvalue weighted by atomic mass is 35.5. The zero-order valence-electron chi connectivity index (χ0n) is 16.0. The van der Waals surface area contributed by atoms with Crippen molar-refractivity contribution >= 4 is 17.6 Å². The fourth-order valence-corrected chi connectivity index (χ4v) is 3.51. The van der Waals surface area contributed by atoms with Crippen molar-refractivity contribution in [1.82, 2.24) is 15.5 Å². The number of carbonyl (C=O) groups excluding carboxylic acids is 1. The molecule has 0 spiro atoms. The Bertz CT molecular complexity index is 764. The molecule has 0 saturated carbocycles. The minimum Gasteiger partial charge on any atom is -0.497 e. The molecule has 1 fully saturated rings. The first-order chi connectivity index (χ1) is 13.7. The molecule has 0 radical (unpaired) electrons. The van der Waals surface area contributed by atoms with Crippen LogP contribution in [-0.4, -0.2) is 50.9 Å². The number of nitrogens with one attached hydrogen (secondary N) is 2. The molecule has 2 aromatic rings. The highest BCUT2D eigenvalue weighted by Crippen LogP contribution is 2.27. The van der Waals surface area contributed by atoms with E-state index in [2.05, 4.69) is 15.5 Å². The van der Waals surface area contributed by atoms with Crippen LogP contribution < -0.4 is 15.4 Å². The standard InChI is InChI=1S/C21H26ClN3O3/c1-27-17-8-6-16(7-9-17)14-23-21(26)24-15-20(25-10-12-28-13-11-25)18-4-2-3-5-19(18)22/h2-9,20H,10-15H2,1H3,(H2,23,24,26)/t20-/m1/s1. The largest absolute Gasteiger partial charge is 0.497 e. The number of ether oxygens (including phenoxy) is 2. The summed E-state index contributed by atoms with van der Waals surface area (Å²) in [6, 6.07) is 15.2. The van der Waals surface area contributed by atoms with E-state index in [9.17, 15) is 4.79 Å². The van der Waals surface area contributed by atoms with Crippen LogP contribution in [0.25, 0.3) is 0 Å². The maximum absolute atomic E-state index is 12.3. The zero-order chi connectivity index (χ0) is 19.8. The Balaban J connectivity index is 1.57. The van der Waals surface area contributed by atoms with Crippen molar-refractivity contribution in [3.63, 3.8) is 0 Å². The number of amides is 2. The van der Waals surface area contributed by atoms with Crippen molar-refractivity contribution in [2.75, 3.05) is 40.0 Å². The number of nitrogens with zero attached hydrogens (tertiary/aromatic N) is 1. The molecule has 28 heavy (non-hydrogen) atoms. The fourth-order valence-electron chi connectivity index (χ4n) is 3.25. The topological polar surface area (TPSA) is 62.8 Å². The number of morpholine rings is 1. The predicted octanol–water partition coefficient (Wildman–Crippen LogP) is 3.22. The van der Waals surface area contributed by atoms with Gasteiger partial charge in [0.25, 0.3) is 0 Å². The molecule has 2 amide bonds. The number of carbonyl (C=O) groups is 1. The molecular weight excluding hydrogens is 378 g/mol. The molecule has 0 bridgehead atoms. The summed E-state index contributed by atoms with van der Waals surface area (Å²) < 4.78 is 10.6. The van der Waals surface area contributed by atoms with Gasteiger partial charge in [-0.3, -0.25) is 4.90 Å². The molecule has 0 aliphatic carbocycles. The van der Waals surface area contributed by atoms with E-state index in [0.29, 0.717) is 31.3 Å². The van der Waals surface area contributed by atoms with Gasteiger partial charge in [0.2, 0.25) is 0 Å². The Morgan fingerprint density at radius 3 is 2.54 bits per heavy atom. The van der Waals surface area contributed by atoms with Gasteiger partial charge >= 0.3 is 6.03 Å². The molecule has 2 N–H and O–H groups in total. The van der Waals surface area contributed by atoms with E-state index in [4.69, 9.17) is 21.1 Å². The van der Waals surface area contributed by atoms with Gasteiger partial charge in [-0.2, -0.15) is 0 Å². The van der Waals surface area contributed by atoms with E-state index in [1.807, 2.05) is 48.5 Å². The Morgan fingerprint density at radius 1 is 1.14 bits per heavy atom. The molecule has 1 aliphatic rings. The van der Waals surface area contributed by atoms with Crippen LogP contribution in [0.3, 0.4) is 0 Å². The van der Waals surface area contributed by atoms with Crippen LogP contribution in [0.5, 0.6) is 5.75 Å². The van der Waals surface area contributed by atoms with Gasteiger partial charge in [0, 0.05) is 31.2 Å². The van der Waals surface area contributed by atoms with Crippen LogP contribution in [0.4, 0.5) is 4.79 Å². The maximum atomic E-state index is 12.3. The third-order valence-corrected chi connectivity index (χ3v) is 5.16. The molecule has 2 aromatic carbocycles. The van der Waals surface area contributed by atoms with Crippen molar-refractivity contribution in [3.05, 3.63) is 64.7 Å². The Hall–Kier alpha value is -2.28. The lowest BCUT2D eigenvalue weighted by atomic mass is 10.0. The maximum Gasteiger partial charge on any atom is 0.315 e. The van der Waals surface area contributed by atoms with Gasteiger partial charge in [0.1, 0.15) is 5.75 Å². The van der Waals surface area contributed by atoms with Gasteiger partial charge in [0.05, 0.1) is 26.4 Å². The minimum absolute atomic E-state index is 0.00402. The first-order valence-corrected chi connectivity index (χ1v) is 9.76. The lowest BCUT2D eigenvalue weighted by Gasteiger charge is -2.35. The molecule has 0 unspecified atom stereocenters.